The summed E-state index contributed by atoms with van der Waals surface area (Å²) < 4.78 is 4.35. The maximum absolute atomic E-state index is 4.93. The molecule has 0 aliphatic heterocycles. The average Bonchev–Trinajstić information content (AvgIpc) is 3.12. The highest BCUT2D eigenvalue weighted by molar-refractivity contribution is 14.1. The number of rotatable bonds is 4. The lowest BCUT2D eigenvalue weighted by molar-refractivity contribution is 0.518. The van der Waals surface area contributed by atoms with Crippen LogP contribution in [0.5, 0.6) is 0 Å². The highest BCUT2D eigenvalue weighted by atomic mass is 127. The van der Waals surface area contributed by atoms with E-state index in [1.165, 1.54) is 16.7 Å². The van der Waals surface area contributed by atoms with Crippen LogP contribution in [0.1, 0.15) is 16.7 Å². The molecule has 1 heterocycles. The predicted octanol–water partition coefficient (Wildman–Crippen LogP) is 7.24. The van der Waals surface area contributed by atoms with Crippen LogP contribution in [0.4, 0.5) is 0 Å². The predicted molar refractivity (Wildman–Crippen MR) is 135 cm³/mol. The Morgan fingerprint density at radius 3 is 1.60 bits per heavy atom. The fourth-order valence-corrected chi connectivity index (χ4v) is 5.49. The van der Waals surface area contributed by atoms with Gasteiger partial charge in [-0.05, 0) is 34.9 Å². The number of hydrogen-bond donors (Lipinski definition) is 0. The Kier molecular flexibility index (Phi) is 5.21. The first-order valence-corrected chi connectivity index (χ1v) is 11.6. The van der Waals surface area contributed by atoms with Gasteiger partial charge in [-0.1, -0.05) is 107 Å². The number of halogens is 2. The summed E-state index contributed by atoms with van der Waals surface area (Å²) in [5.41, 5.74) is 5.09. The van der Waals surface area contributed by atoms with Crippen molar-refractivity contribution in [2.24, 2.45) is 0 Å². The fourth-order valence-electron chi connectivity index (χ4n) is 4.26. The molecule has 0 N–H and O–H groups in total. The Hall–Kier alpha value is -2.44. The molecule has 0 aliphatic carbocycles. The maximum Gasteiger partial charge on any atom is 0.173 e. The van der Waals surface area contributed by atoms with Crippen molar-refractivity contribution < 1.29 is 0 Å². The fraction of sp³-hybridized carbons (Fsp3) is 0.0385. The Bertz CT molecular complexity index is 1200. The Morgan fingerprint density at radius 2 is 1.13 bits per heavy atom. The van der Waals surface area contributed by atoms with Gasteiger partial charge in [-0.2, -0.15) is 0 Å². The third kappa shape index (κ3) is 3.10. The molecular formula is C26H18BrIN2. The van der Waals surface area contributed by atoms with Gasteiger partial charge in [0.2, 0.25) is 0 Å². The highest BCUT2D eigenvalue weighted by Gasteiger charge is 2.40. The summed E-state index contributed by atoms with van der Waals surface area (Å²) in [6.07, 6.45) is 0. The largest absolute Gasteiger partial charge is 0.301 e. The zero-order chi connectivity index (χ0) is 20.6. The van der Waals surface area contributed by atoms with Crippen molar-refractivity contribution in [3.8, 4) is 0 Å². The summed E-state index contributed by atoms with van der Waals surface area (Å²) in [7, 11) is 0. The minimum atomic E-state index is -0.560. The summed E-state index contributed by atoms with van der Waals surface area (Å²) in [4.78, 5) is 4.93. The first-order valence-electron chi connectivity index (χ1n) is 9.72. The van der Waals surface area contributed by atoms with Crippen LogP contribution < -0.4 is 0 Å². The van der Waals surface area contributed by atoms with E-state index in [-0.39, 0.29) is 0 Å². The first-order chi connectivity index (χ1) is 14.7. The monoisotopic (exact) mass is 564 g/mol. The van der Waals surface area contributed by atoms with E-state index in [0.29, 0.717) is 0 Å². The molecule has 4 heteroatoms. The van der Waals surface area contributed by atoms with Gasteiger partial charge in [-0.3, -0.25) is 0 Å². The smallest absolute Gasteiger partial charge is 0.173 e. The Labute approximate surface area is 197 Å². The molecule has 4 aromatic carbocycles. The quantitative estimate of drug-likeness (QED) is 0.166. The van der Waals surface area contributed by atoms with Crippen LogP contribution in [0.2, 0.25) is 0 Å². The summed E-state index contributed by atoms with van der Waals surface area (Å²) >= 11 is 6.04. The van der Waals surface area contributed by atoms with Crippen LogP contribution in [0.15, 0.2) is 114 Å². The molecular weight excluding hydrogens is 547 g/mol. The van der Waals surface area contributed by atoms with Crippen molar-refractivity contribution in [1.82, 2.24) is 9.55 Å². The van der Waals surface area contributed by atoms with E-state index in [4.69, 9.17) is 4.98 Å². The minimum absolute atomic E-state index is 0.560. The van der Waals surface area contributed by atoms with Gasteiger partial charge in [0.15, 0.2) is 3.83 Å². The Morgan fingerprint density at radius 1 is 0.667 bits per heavy atom. The van der Waals surface area contributed by atoms with E-state index >= 15 is 0 Å². The Balaban J connectivity index is 2.01. The van der Waals surface area contributed by atoms with E-state index in [2.05, 4.69) is 146 Å². The maximum atomic E-state index is 4.93. The lowest BCUT2D eigenvalue weighted by Gasteiger charge is -2.38. The number of imidazole rings is 1. The van der Waals surface area contributed by atoms with Crippen molar-refractivity contribution in [2.75, 3.05) is 0 Å². The number of fused-ring (bicyclic) bond motifs is 1. The molecule has 0 bridgehead atoms. The number of aromatic nitrogens is 2. The molecule has 5 aromatic rings. The molecule has 0 spiro atoms. The summed E-state index contributed by atoms with van der Waals surface area (Å²) in [5.74, 6) is 0. The van der Waals surface area contributed by atoms with Gasteiger partial charge in [0.25, 0.3) is 0 Å². The van der Waals surface area contributed by atoms with Gasteiger partial charge in [0.1, 0.15) is 5.54 Å². The van der Waals surface area contributed by atoms with Crippen LogP contribution in [-0.4, -0.2) is 9.55 Å². The van der Waals surface area contributed by atoms with Crippen molar-refractivity contribution in [3.05, 3.63) is 134 Å². The van der Waals surface area contributed by atoms with Crippen molar-refractivity contribution in [3.63, 3.8) is 0 Å². The molecule has 0 radical (unpaired) electrons. The summed E-state index contributed by atoms with van der Waals surface area (Å²) in [6, 6.07) is 38.4. The second-order valence-electron chi connectivity index (χ2n) is 7.16. The SMILES string of the molecule is Brc1ccc2nc(I)n(C(c3ccccc3)(c3ccccc3)c3ccccc3)c2c1. The molecule has 0 amide bonds. The number of nitrogens with zero attached hydrogens (tertiary/aromatic N) is 2. The molecule has 0 atom stereocenters. The molecule has 0 fully saturated rings. The van der Waals surface area contributed by atoms with E-state index < -0.39 is 5.54 Å². The third-order valence-corrected chi connectivity index (χ3v) is 6.70. The standard InChI is InChI=1S/C26H18BrIN2/c27-22-16-17-23-24(18-22)30(25(28)29-23)26(19-10-4-1-5-11-19,20-12-6-2-7-13-20)21-14-8-3-9-15-21/h1-18H. The minimum Gasteiger partial charge on any atom is -0.301 e. The molecule has 1 aromatic heterocycles. The van der Waals surface area contributed by atoms with Crippen LogP contribution in [0.25, 0.3) is 11.0 Å². The summed E-state index contributed by atoms with van der Waals surface area (Å²) in [6.45, 7) is 0. The molecule has 146 valence electrons. The van der Waals surface area contributed by atoms with E-state index in [0.717, 1.165) is 19.3 Å². The second-order valence-corrected chi connectivity index (χ2v) is 9.04. The molecule has 30 heavy (non-hydrogen) atoms. The van der Waals surface area contributed by atoms with Gasteiger partial charge in [-0.25, -0.2) is 4.98 Å². The lowest BCUT2D eigenvalue weighted by Crippen LogP contribution is -2.38. The normalized spacial score (nSPS) is 11.7. The second kappa shape index (κ2) is 8.00. The van der Waals surface area contributed by atoms with Crippen molar-refractivity contribution in [1.29, 1.82) is 0 Å². The van der Waals surface area contributed by atoms with E-state index in [1.54, 1.807) is 0 Å². The summed E-state index contributed by atoms with van der Waals surface area (Å²) in [5, 5.41) is 0. The number of hydrogen-bond acceptors (Lipinski definition) is 1. The van der Waals surface area contributed by atoms with Crippen LogP contribution in [0.3, 0.4) is 0 Å². The lowest BCUT2D eigenvalue weighted by atomic mass is 9.76. The van der Waals surface area contributed by atoms with Gasteiger partial charge < -0.3 is 4.57 Å². The molecule has 0 unspecified atom stereocenters. The molecule has 0 saturated heterocycles. The van der Waals surface area contributed by atoms with Gasteiger partial charge in [-0.15, -0.1) is 0 Å². The zero-order valence-corrected chi connectivity index (χ0v) is 19.8. The first kappa shape index (κ1) is 19.5. The molecule has 0 saturated carbocycles. The molecule has 5 rings (SSSR count). The average molecular weight is 565 g/mol. The molecule has 2 nitrogen and oxygen atoms in total. The van der Waals surface area contributed by atoms with Gasteiger partial charge in [0.05, 0.1) is 11.0 Å². The van der Waals surface area contributed by atoms with Gasteiger partial charge in [0, 0.05) is 27.1 Å². The zero-order valence-electron chi connectivity index (χ0n) is 16.0. The third-order valence-electron chi connectivity index (χ3n) is 5.49. The molecule has 0 aliphatic rings. The van der Waals surface area contributed by atoms with Crippen LogP contribution in [0, 0.1) is 3.83 Å². The topological polar surface area (TPSA) is 17.8 Å². The van der Waals surface area contributed by atoms with Crippen molar-refractivity contribution >= 4 is 49.6 Å². The van der Waals surface area contributed by atoms with Crippen LogP contribution in [-0.2, 0) is 5.54 Å². The van der Waals surface area contributed by atoms with Gasteiger partial charge >= 0.3 is 0 Å². The van der Waals surface area contributed by atoms with Crippen molar-refractivity contribution in [2.45, 2.75) is 5.54 Å². The van der Waals surface area contributed by atoms with Crippen LogP contribution >= 0.6 is 38.5 Å². The number of benzene rings is 4. The highest BCUT2D eigenvalue weighted by Crippen LogP contribution is 2.44. The van der Waals surface area contributed by atoms with E-state index in [1.807, 2.05) is 6.07 Å². The van der Waals surface area contributed by atoms with E-state index in [9.17, 15) is 0 Å².